The van der Waals surface area contributed by atoms with Gasteiger partial charge in [0, 0.05) is 17.5 Å². The molecule has 1 aromatic rings. The van der Waals surface area contributed by atoms with Gasteiger partial charge in [-0.15, -0.1) is 0 Å². The SMILES string of the molecule is Cc1c(Cl)nc(C(C)(C)C)nc1N1CCOCC1CO. The largest absolute Gasteiger partial charge is 0.394 e. The number of rotatable bonds is 2. The molecule has 6 heteroatoms. The van der Waals surface area contributed by atoms with Crippen molar-refractivity contribution in [2.75, 3.05) is 31.3 Å². The molecule has 0 amide bonds. The second kappa shape index (κ2) is 5.84. The highest BCUT2D eigenvalue weighted by Gasteiger charge is 2.28. The quantitative estimate of drug-likeness (QED) is 0.846. The van der Waals surface area contributed by atoms with Crippen molar-refractivity contribution >= 4 is 17.4 Å². The lowest BCUT2D eigenvalue weighted by atomic mass is 9.95. The summed E-state index contributed by atoms with van der Waals surface area (Å²) >= 11 is 6.26. The second-order valence-electron chi connectivity index (χ2n) is 6.14. The van der Waals surface area contributed by atoms with E-state index in [1.807, 2.05) is 6.92 Å². The Bertz CT molecular complexity index is 488. The van der Waals surface area contributed by atoms with Crippen LogP contribution in [0.3, 0.4) is 0 Å². The minimum atomic E-state index is -0.174. The maximum absolute atomic E-state index is 9.51. The molecule has 0 radical (unpaired) electrons. The van der Waals surface area contributed by atoms with E-state index in [0.717, 1.165) is 11.4 Å². The first-order valence-electron chi connectivity index (χ1n) is 6.84. The van der Waals surface area contributed by atoms with E-state index >= 15 is 0 Å². The Kier molecular flexibility index (Phi) is 4.52. The molecule has 1 saturated heterocycles. The highest BCUT2D eigenvalue weighted by atomic mass is 35.5. The highest BCUT2D eigenvalue weighted by Crippen LogP contribution is 2.29. The average molecular weight is 300 g/mol. The number of hydrogen-bond acceptors (Lipinski definition) is 5. The molecule has 0 aliphatic carbocycles. The molecule has 0 bridgehead atoms. The molecule has 1 aliphatic rings. The first-order valence-corrected chi connectivity index (χ1v) is 7.22. The number of nitrogens with zero attached hydrogens (tertiary/aromatic N) is 3. The predicted octanol–water partition coefficient (Wildman–Crippen LogP) is 1.93. The predicted molar refractivity (Wildman–Crippen MR) is 79.5 cm³/mol. The average Bonchev–Trinajstić information content (AvgIpc) is 2.40. The Balaban J connectivity index is 2.46. The lowest BCUT2D eigenvalue weighted by Gasteiger charge is -2.36. The summed E-state index contributed by atoms with van der Waals surface area (Å²) in [5, 5.41) is 9.99. The molecule has 1 aliphatic heterocycles. The summed E-state index contributed by atoms with van der Waals surface area (Å²) < 4.78 is 5.41. The molecular weight excluding hydrogens is 278 g/mol. The van der Waals surface area contributed by atoms with Crippen LogP contribution in [0.1, 0.15) is 32.2 Å². The van der Waals surface area contributed by atoms with Gasteiger partial charge in [-0.1, -0.05) is 32.4 Å². The minimum absolute atomic E-state index is 0.0336. The maximum atomic E-state index is 9.51. The van der Waals surface area contributed by atoms with Crippen LogP contribution in [-0.4, -0.2) is 47.5 Å². The molecular formula is C14H22ClN3O2. The van der Waals surface area contributed by atoms with Crippen molar-refractivity contribution in [3.05, 3.63) is 16.5 Å². The third kappa shape index (κ3) is 3.05. The van der Waals surface area contributed by atoms with Gasteiger partial charge in [-0.2, -0.15) is 0 Å². The van der Waals surface area contributed by atoms with Crippen LogP contribution in [0.15, 0.2) is 0 Å². The number of anilines is 1. The minimum Gasteiger partial charge on any atom is -0.394 e. The fraction of sp³-hybridized carbons (Fsp3) is 0.714. The van der Waals surface area contributed by atoms with E-state index in [4.69, 9.17) is 16.3 Å². The summed E-state index contributed by atoms with van der Waals surface area (Å²) in [6, 6.07) is -0.0822. The van der Waals surface area contributed by atoms with Crippen LogP contribution in [0, 0.1) is 6.92 Å². The van der Waals surface area contributed by atoms with E-state index in [0.29, 0.717) is 30.7 Å². The van der Waals surface area contributed by atoms with Crippen LogP contribution in [0.5, 0.6) is 0 Å². The summed E-state index contributed by atoms with van der Waals surface area (Å²) in [6.07, 6.45) is 0. The molecule has 1 N–H and O–H groups in total. The summed E-state index contributed by atoms with van der Waals surface area (Å²) in [5.41, 5.74) is 0.674. The van der Waals surface area contributed by atoms with E-state index < -0.39 is 0 Å². The zero-order chi connectivity index (χ0) is 14.9. The van der Waals surface area contributed by atoms with Crippen LogP contribution in [0.4, 0.5) is 5.82 Å². The number of morpholine rings is 1. The van der Waals surface area contributed by atoms with Crippen LogP contribution >= 0.6 is 11.6 Å². The monoisotopic (exact) mass is 299 g/mol. The maximum Gasteiger partial charge on any atom is 0.137 e. The number of aliphatic hydroxyl groups is 1. The summed E-state index contributed by atoms with van der Waals surface area (Å²) in [5.74, 6) is 1.52. The summed E-state index contributed by atoms with van der Waals surface area (Å²) in [4.78, 5) is 11.1. The number of halogens is 1. The zero-order valence-corrected chi connectivity index (χ0v) is 13.2. The topological polar surface area (TPSA) is 58.5 Å². The van der Waals surface area contributed by atoms with Crippen LogP contribution in [0.25, 0.3) is 0 Å². The first-order chi connectivity index (χ1) is 9.34. The van der Waals surface area contributed by atoms with E-state index in [-0.39, 0.29) is 18.1 Å². The van der Waals surface area contributed by atoms with E-state index in [1.54, 1.807) is 0 Å². The molecule has 1 atom stereocenters. The lowest BCUT2D eigenvalue weighted by molar-refractivity contribution is 0.0721. The molecule has 0 saturated carbocycles. The van der Waals surface area contributed by atoms with Gasteiger partial charge in [0.05, 0.1) is 25.9 Å². The number of ether oxygens (including phenoxy) is 1. The second-order valence-corrected chi connectivity index (χ2v) is 6.50. The smallest absolute Gasteiger partial charge is 0.137 e. The van der Waals surface area contributed by atoms with Gasteiger partial charge in [-0.05, 0) is 6.92 Å². The molecule has 1 fully saturated rings. The van der Waals surface area contributed by atoms with Crippen molar-refractivity contribution in [1.29, 1.82) is 0 Å². The Morgan fingerprint density at radius 1 is 1.40 bits per heavy atom. The third-order valence-electron chi connectivity index (χ3n) is 3.44. The van der Waals surface area contributed by atoms with Crippen molar-refractivity contribution in [2.24, 2.45) is 0 Å². The molecule has 2 rings (SSSR count). The normalized spacial score (nSPS) is 20.3. The fourth-order valence-electron chi connectivity index (χ4n) is 2.18. The van der Waals surface area contributed by atoms with Crippen molar-refractivity contribution in [3.8, 4) is 0 Å². The highest BCUT2D eigenvalue weighted by molar-refractivity contribution is 6.30. The summed E-state index contributed by atoms with van der Waals surface area (Å²) in [6.45, 7) is 9.94. The Labute approximate surface area is 124 Å². The molecule has 2 heterocycles. The molecule has 20 heavy (non-hydrogen) atoms. The first kappa shape index (κ1) is 15.5. The van der Waals surface area contributed by atoms with Gasteiger partial charge in [0.25, 0.3) is 0 Å². The van der Waals surface area contributed by atoms with Gasteiger partial charge in [-0.25, -0.2) is 9.97 Å². The zero-order valence-electron chi connectivity index (χ0n) is 12.5. The number of aliphatic hydroxyl groups excluding tert-OH is 1. The van der Waals surface area contributed by atoms with Crippen molar-refractivity contribution in [2.45, 2.75) is 39.2 Å². The number of hydrogen-bond donors (Lipinski definition) is 1. The Morgan fingerprint density at radius 2 is 2.10 bits per heavy atom. The van der Waals surface area contributed by atoms with Gasteiger partial charge in [-0.3, -0.25) is 0 Å². The van der Waals surface area contributed by atoms with Gasteiger partial charge in [0.2, 0.25) is 0 Å². The van der Waals surface area contributed by atoms with E-state index in [1.165, 1.54) is 0 Å². The standard InChI is InChI=1S/C14H22ClN3O2/c1-9-11(15)16-13(14(2,3)4)17-12(9)18-5-6-20-8-10(18)7-19/h10,19H,5-8H2,1-4H3. The van der Waals surface area contributed by atoms with Crippen LogP contribution in [-0.2, 0) is 10.2 Å². The molecule has 112 valence electrons. The van der Waals surface area contributed by atoms with Gasteiger partial charge >= 0.3 is 0 Å². The summed E-state index contributed by atoms with van der Waals surface area (Å²) in [7, 11) is 0. The van der Waals surface area contributed by atoms with Gasteiger partial charge in [0.15, 0.2) is 0 Å². The molecule has 1 unspecified atom stereocenters. The molecule has 5 nitrogen and oxygen atoms in total. The fourth-order valence-corrected chi connectivity index (χ4v) is 2.34. The van der Waals surface area contributed by atoms with Crippen LogP contribution < -0.4 is 4.90 Å². The van der Waals surface area contributed by atoms with E-state index in [2.05, 4.69) is 35.6 Å². The number of aromatic nitrogens is 2. The Hall–Kier alpha value is -0.910. The van der Waals surface area contributed by atoms with Gasteiger partial charge in [0.1, 0.15) is 16.8 Å². The van der Waals surface area contributed by atoms with Crippen molar-refractivity contribution < 1.29 is 9.84 Å². The van der Waals surface area contributed by atoms with Crippen LogP contribution in [0.2, 0.25) is 5.15 Å². The Morgan fingerprint density at radius 3 is 2.70 bits per heavy atom. The van der Waals surface area contributed by atoms with Crippen molar-refractivity contribution in [1.82, 2.24) is 9.97 Å². The lowest BCUT2D eigenvalue weighted by Crippen LogP contribution is -2.48. The van der Waals surface area contributed by atoms with Gasteiger partial charge < -0.3 is 14.7 Å². The van der Waals surface area contributed by atoms with Crippen molar-refractivity contribution in [3.63, 3.8) is 0 Å². The molecule has 0 spiro atoms. The van der Waals surface area contributed by atoms with E-state index in [9.17, 15) is 5.11 Å². The molecule has 1 aromatic heterocycles. The third-order valence-corrected chi connectivity index (χ3v) is 3.81. The molecule has 0 aromatic carbocycles.